The average Bonchev–Trinajstić information content (AvgIpc) is 3.56. The summed E-state index contributed by atoms with van der Waals surface area (Å²) in [7, 11) is 0. The fourth-order valence-corrected chi connectivity index (χ4v) is 5.52. The third-order valence-corrected chi connectivity index (χ3v) is 7.68. The molecule has 2 heteroatoms. The molecule has 1 saturated carbocycles. The normalized spacial score (nSPS) is 19.3. The van der Waals surface area contributed by atoms with Crippen LogP contribution in [0.5, 0.6) is 0 Å². The molecule has 0 saturated heterocycles. The van der Waals surface area contributed by atoms with E-state index in [1.165, 1.54) is 22.3 Å². The number of hydrogen-bond donors (Lipinski definition) is 0. The van der Waals surface area contributed by atoms with Gasteiger partial charge in [-0.15, -0.1) is 0 Å². The topological polar surface area (TPSA) is 20.3 Å². The van der Waals surface area contributed by atoms with Gasteiger partial charge in [0, 0.05) is 34.0 Å². The summed E-state index contributed by atoms with van der Waals surface area (Å²) in [6.45, 7) is 6.73. The summed E-state index contributed by atoms with van der Waals surface area (Å²) >= 11 is 0. The molecule has 0 radical (unpaired) electrons. The Morgan fingerprint density at radius 2 is 1.26 bits per heavy atom. The lowest BCUT2D eigenvalue weighted by Gasteiger charge is -2.28. The van der Waals surface area contributed by atoms with Crippen molar-refractivity contribution in [1.29, 1.82) is 0 Å². The first-order chi connectivity index (χ1) is 16.4. The maximum atomic E-state index is 13.0. The van der Waals surface area contributed by atoms with Gasteiger partial charge in [0.2, 0.25) is 0 Å². The van der Waals surface area contributed by atoms with Crippen molar-refractivity contribution < 1.29 is 4.79 Å². The van der Waals surface area contributed by atoms with E-state index in [-0.39, 0.29) is 11.3 Å². The van der Waals surface area contributed by atoms with E-state index in [4.69, 9.17) is 0 Å². The lowest BCUT2D eigenvalue weighted by molar-refractivity contribution is 0.0962. The van der Waals surface area contributed by atoms with Gasteiger partial charge in [0.25, 0.3) is 0 Å². The predicted octanol–water partition coefficient (Wildman–Crippen LogP) is 8.30. The molecule has 2 aliphatic carbocycles. The van der Waals surface area contributed by atoms with Gasteiger partial charge in [-0.25, -0.2) is 0 Å². The highest BCUT2D eigenvalue weighted by Gasteiger charge is 2.41. The molecule has 1 unspecified atom stereocenters. The number of anilines is 3. The van der Waals surface area contributed by atoms with Gasteiger partial charge in [-0.3, -0.25) is 4.79 Å². The lowest BCUT2D eigenvalue weighted by atomic mass is 9.81. The molecule has 0 amide bonds. The number of para-hydroxylation sites is 2. The smallest absolute Gasteiger partial charge is 0.166 e. The Hall–Kier alpha value is -3.65. The maximum Gasteiger partial charge on any atom is 0.166 e. The molecule has 2 nitrogen and oxygen atoms in total. The van der Waals surface area contributed by atoms with Crippen LogP contribution in [0.3, 0.4) is 0 Å². The zero-order chi connectivity index (χ0) is 23.4. The molecule has 0 heterocycles. The second-order valence-electron chi connectivity index (χ2n) is 10.3. The monoisotopic (exact) mass is 443 g/mol. The van der Waals surface area contributed by atoms with Crippen molar-refractivity contribution in [3.63, 3.8) is 0 Å². The average molecular weight is 444 g/mol. The third-order valence-electron chi connectivity index (χ3n) is 7.68. The second kappa shape index (κ2) is 7.70. The van der Waals surface area contributed by atoms with Crippen molar-refractivity contribution >= 4 is 22.8 Å². The molecular weight excluding hydrogens is 414 g/mol. The van der Waals surface area contributed by atoms with Crippen LogP contribution in [-0.2, 0) is 5.41 Å². The molecule has 34 heavy (non-hydrogen) atoms. The van der Waals surface area contributed by atoms with Crippen LogP contribution in [0.25, 0.3) is 11.1 Å². The number of benzene rings is 4. The zero-order valence-corrected chi connectivity index (χ0v) is 20.0. The van der Waals surface area contributed by atoms with Crippen molar-refractivity contribution in [2.45, 2.75) is 32.6 Å². The first-order valence-corrected chi connectivity index (χ1v) is 12.2. The number of hydrogen-bond acceptors (Lipinski definition) is 2. The number of fused-ring (bicyclic) bond motifs is 3. The van der Waals surface area contributed by atoms with Gasteiger partial charge >= 0.3 is 0 Å². The Balaban J connectivity index is 1.45. The molecule has 168 valence electrons. The minimum atomic E-state index is -0.175. The van der Waals surface area contributed by atoms with E-state index in [0.29, 0.717) is 11.7 Å². The Kier molecular flexibility index (Phi) is 4.74. The molecule has 0 aromatic heterocycles. The molecule has 2 aliphatic rings. The lowest BCUT2D eigenvalue weighted by Crippen LogP contribution is -2.17. The number of rotatable bonds is 5. The van der Waals surface area contributed by atoms with Gasteiger partial charge in [-0.05, 0) is 77.1 Å². The van der Waals surface area contributed by atoms with E-state index in [1.54, 1.807) is 0 Å². The minimum Gasteiger partial charge on any atom is -0.310 e. The summed E-state index contributed by atoms with van der Waals surface area (Å²) in [5, 5.41) is 0. The predicted molar refractivity (Wildman–Crippen MR) is 140 cm³/mol. The number of carbonyl (C=O) groups excluding carboxylic acids is 1. The van der Waals surface area contributed by atoms with E-state index >= 15 is 0 Å². The van der Waals surface area contributed by atoms with Crippen LogP contribution in [0.4, 0.5) is 17.1 Å². The van der Waals surface area contributed by atoms with E-state index < -0.39 is 0 Å². The molecule has 1 fully saturated rings. The molecule has 4 aromatic carbocycles. The summed E-state index contributed by atoms with van der Waals surface area (Å²) in [5.74, 6) is 1.04. The van der Waals surface area contributed by atoms with E-state index in [0.717, 1.165) is 29.0 Å². The largest absolute Gasteiger partial charge is 0.310 e. The SMILES string of the molecule is C[C@@H]1CC1C(=O)c1ccc2c(c1)C(C)(C)c1cc(N(c3ccccc3)c3ccccc3)ccc1-2. The highest BCUT2D eigenvalue weighted by molar-refractivity contribution is 6.01. The van der Waals surface area contributed by atoms with E-state index in [1.807, 2.05) is 6.07 Å². The van der Waals surface area contributed by atoms with Crippen molar-refractivity contribution in [3.8, 4) is 11.1 Å². The van der Waals surface area contributed by atoms with Crippen LogP contribution >= 0.6 is 0 Å². The standard InChI is InChI=1S/C32H29NO/c1-21-18-28(21)31(34)22-14-16-26-27-17-15-25(20-30(27)32(2,3)29(26)19-22)33(23-10-6-4-7-11-23)24-12-8-5-9-13-24/h4-17,19-21,28H,18H2,1-3H3/t21-,28?/m1/s1. The molecule has 0 bridgehead atoms. The van der Waals surface area contributed by atoms with Gasteiger partial charge in [0.05, 0.1) is 0 Å². The van der Waals surface area contributed by atoms with Crippen LogP contribution in [-0.4, -0.2) is 5.78 Å². The second-order valence-corrected chi connectivity index (χ2v) is 10.3. The number of nitrogens with zero attached hydrogens (tertiary/aromatic N) is 1. The molecule has 0 N–H and O–H groups in total. The highest BCUT2D eigenvalue weighted by atomic mass is 16.1. The maximum absolute atomic E-state index is 13.0. The molecule has 4 aromatic rings. The summed E-state index contributed by atoms with van der Waals surface area (Å²) in [6, 6.07) is 34.2. The summed E-state index contributed by atoms with van der Waals surface area (Å²) < 4.78 is 0. The zero-order valence-electron chi connectivity index (χ0n) is 20.0. The fraction of sp³-hybridized carbons (Fsp3) is 0.219. The Labute approximate surface area is 201 Å². The Bertz CT molecular complexity index is 1350. The van der Waals surface area contributed by atoms with Crippen LogP contribution in [0.15, 0.2) is 97.1 Å². The van der Waals surface area contributed by atoms with Gasteiger partial charge in [-0.2, -0.15) is 0 Å². The molecule has 0 aliphatic heterocycles. The van der Waals surface area contributed by atoms with Crippen LogP contribution in [0.1, 0.15) is 48.7 Å². The minimum absolute atomic E-state index is 0.175. The summed E-state index contributed by atoms with van der Waals surface area (Å²) in [5.41, 5.74) is 9.17. The Morgan fingerprint density at radius 1 is 0.735 bits per heavy atom. The quantitative estimate of drug-likeness (QED) is 0.289. The van der Waals surface area contributed by atoms with Crippen molar-refractivity contribution in [2.75, 3.05) is 4.90 Å². The number of Topliss-reactive ketones (excluding diaryl/α,β-unsaturated/α-hetero) is 1. The van der Waals surface area contributed by atoms with Gasteiger partial charge in [0.1, 0.15) is 0 Å². The van der Waals surface area contributed by atoms with Crippen LogP contribution in [0, 0.1) is 11.8 Å². The molecular formula is C32H29NO. The van der Waals surface area contributed by atoms with Crippen LogP contribution in [0.2, 0.25) is 0 Å². The molecule has 2 atom stereocenters. The first-order valence-electron chi connectivity index (χ1n) is 12.2. The number of ketones is 1. The fourth-order valence-electron chi connectivity index (χ4n) is 5.52. The van der Waals surface area contributed by atoms with Gasteiger partial charge in [0.15, 0.2) is 5.78 Å². The van der Waals surface area contributed by atoms with Crippen molar-refractivity contribution in [3.05, 3.63) is 114 Å². The van der Waals surface area contributed by atoms with E-state index in [9.17, 15) is 4.79 Å². The first kappa shape index (κ1) is 20.9. The third kappa shape index (κ3) is 3.28. The summed E-state index contributed by atoms with van der Waals surface area (Å²) in [6.07, 6.45) is 1.03. The van der Waals surface area contributed by atoms with Gasteiger partial charge in [-0.1, -0.05) is 75.4 Å². The van der Waals surface area contributed by atoms with E-state index in [2.05, 4.69) is 117 Å². The Morgan fingerprint density at radius 3 is 1.82 bits per heavy atom. The van der Waals surface area contributed by atoms with Crippen molar-refractivity contribution in [1.82, 2.24) is 0 Å². The van der Waals surface area contributed by atoms with Crippen molar-refractivity contribution in [2.24, 2.45) is 11.8 Å². The molecule has 6 rings (SSSR count). The van der Waals surface area contributed by atoms with Crippen LogP contribution < -0.4 is 4.90 Å². The van der Waals surface area contributed by atoms with Gasteiger partial charge < -0.3 is 4.90 Å². The highest BCUT2D eigenvalue weighted by Crippen LogP contribution is 2.51. The molecule has 0 spiro atoms. The number of carbonyl (C=O) groups is 1. The summed E-state index contributed by atoms with van der Waals surface area (Å²) in [4.78, 5) is 15.3.